The van der Waals surface area contributed by atoms with Gasteiger partial charge in [0.25, 0.3) is 0 Å². The summed E-state index contributed by atoms with van der Waals surface area (Å²) in [6, 6.07) is 77.7. The Labute approximate surface area is 390 Å². The summed E-state index contributed by atoms with van der Waals surface area (Å²) in [5.41, 5.74) is 15.0. The van der Waals surface area contributed by atoms with E-state index in [1.807, 2.05) is 42.7 Å². The van der Waals surface area contributed by atoms with Crippen molar-refractivity contribution in [3.8, 4) is 56.4 Å². The maximum Gasteiger partial charge on any atom is 0.160 e. The van der Waals surface area contributed by atoms with Crippen LogP contribution < -0.4 is 0 Å². The van der Waals surface area contributed by atoms with Crippen molar-refractivity contribution in [3.05, 3.63) is 231 Å². The number of rotatable bonds is 6. The van der Waals surface area contributed by atoms with Crippen LogP contribution >= 0.6 is 0 Å². The van der Waals surface area contributed by atoms with E-state index in [1.54, 1.807) is 0 Å². The van der Waals surface area contributed by atoms with E-state index in [2.05, 4.69) is 197 Å². The highest BCUT2D eigenvalue weighted by atomic mass is 15.0. The molecule has 0 saturated heterocycles. The van der Waals surface area contributed by atoms with E-state index in [-0.39, 0.29) is 0 Å². The molecule has 9 aromatic carbocycles. The van der Waals surface area contributed by atoms with Crippen molar-refractivity contribution >= 4 is 76.2 Å². The van der Waals surface area contributed by atoms with Crippen LogP contribution in [0.2, 0.25) is 0 Å². The van der Waals surface area contributed by atoms with Crippen molar-refractivity contribution in [2.75, 3.05) is 0 Å². The molecule has 0 saturated carbocycles. The number of hydrogen-bond acceptors (Lipinski definition) is 4. The lowest BCUT2D eigenvalue weighted by Crippen LogP contribution is -2.02. The standard InChI is InChI=1S/C62H38N6/c1-2-14-41(15-3-1)62-65-54(40-28-26-39(27-29-40)42-30-31-50-48-18-5-4-16-46(48)47-17-6-7-19-49(47)53(50)36-42)38-55(66-62)43-34-44(67-56-22-10-8-20-51(56)60-58(67)24-12-32-63-60)37-45(35-43)68-57-23-11-9-21-52(57)61-59(68)25-13-33-64-61/h1-38H. The summed E-state index contributed by atoms with van der Waals surface area (Å²) in [6.07, 6.45) is 3.74. The molecule has 0 N–H and O–H groups in total. The monoisotopic (exact) mass is 866 g/mol. The third-order valence-corrected chi connectivity index (χ3v) is 13.6. The summed E-state index contributed by atoms with van der Waals surface area (Å²) in [4.78, 5) is 20.4. The smallest absolute Gasteiger partial charge is 0.160 e. The Morgan fingerprint density at radius 1 is 0.265 bits per heavy atom. The molecule has 6 heteroatoms. The summed E-state index contributed by atoms with van der Waals surface area (Å²) in [7, 11) is 0. The lowest BCUT2D eigenvalue weighted by Gasteiger charge is -2.16. The second-order valence-electron chi connectivity index (χ2n) is 17.4. The minimum Gasteiger partial charge on any atom is -0.308 e. The number of nitrogens with zero attached hydrogens (tertiary/aromatic N) is 6. The van der Waals surface area contributed by atoms with E-state index in [0.717, 1.165) is 88.9 Å². The fourth-order valence-electron chi connectivity index (χ4n) is 10.5. The molecule has 0 unspecified atom stereocenters. The lowest BCUT2D eigenvalue weighted by atomic mass is 9.92. The second kappa shape index (κ2) is 15.2. The fraction of sp³-hybridized carbons (Fsp3) is 0. The molecule has 0 spiro atoms. The fourth-order valence-corrected chi connectivity index (χ4v) is 10.5. The summed E-state index contributed by atoms with van der Waals surface area (Å²) in [5.74, 6) is 0.657. The molecule has 0 aliphatic carbocycles. The van der Waals surface area contributed by atoms with Gasteiger partial charge in [-0.15, -0.1) is 0 Å². The lowest BCUT2D eigenvalue weighted by molar-refractivity contribution is 1.12. The number of benzene rings is 9. The van der Waals surface area contributed by atoms with Gasteiger partial charge in [-0.2, -0.15) is 0 Å². The Morgan fingerprint density at radius 2 is 0.706 bits per heavy atom. The van der Waals surface area contributed by atoms with Gasteiger partial charge in [0.05, 0.1) is 44.5 Å². The average molecular weight is 867 g/mol. The Kier molecular flexibility index (Phi) is 8.48. The SMILES string of the molecule is c1ccc(-c2nc(-c3ccc(-c4ccc5c6ccccc6c6ccccc6c5c4)cc3)cc(-c3cc(-n4c5ccccc5c5ncccc54)cc(-n4c5ccccc5c5ncccc54)c3)n2)cc1. The van der Waals surface area contributed by atoms with Crippen LogP contribution in [-0.4, -0.2) is 29.1 Å². The van der Waals surface area contributed by atoms with Gasteiger partial charge < -0.3 is 9.13 Å². The van der Waals surface area contributed by atoms with Gasteiger partial charge in [0, 0.05) is 51.2 Å². The normalized spacial score (nSPS) is 11.8. The predicted molar refractivity (Wildman–Crippen MR) is 281 cm³/mol. The largest absolute Gasteiger partial charge is 0.308 e. The number of pyridine rings is 2. The van der Waals surface area contributed by atoms with E-state index >= 15 is 0 Å². The predicted octanol–water partition coefficient (Wildman–Crippen LogP) is 15.6. The topological polar surface area (TPSA) is 61.4 Å². The first-order valence-corrected chi connectivity index (χ1v) is 22.9. The third-order valence-electron chi connectivity index (χ3n) is 13.6. The van der Waals surface area contributed by atoms with E-state index in [9.17, 15) is 0 Å². The van der Waals surface area contributed by atoms with Crippen LogP contribution in [0.25, 0.3) is 133 Å². The van der Waals surface area contributed by atoms with Crippen LogP contribution in [0, 0.1) is 0 Å². The molecule has 14 rings (SSSR count). The minimum absolute atomic E-state index is 0.657. The molecule has 0 bridgehead atoms. The first-order chi connectivity index (χ1) is 33.7. The highest BCUT2D eigenvalue weighted by Crippen LogP contribution is 2.40. The molecule has 5 aromatic heterocycles. The molecule has 6 nitrogen and oxygen atoms in total. The number of para-hydroxylation sites is 2. The van der Waals surface area contributed by atoms with Gasteiger partial charge in [-0.1, -0.05) is 152 Å². The average Bonchev–Trinajstić information content (AvgIpc) is 3.94. The highest BCUT2D eigenvalue weighted by molar-refractivity contribution is 6.25. The second-order valence-corrected chi connectivity index (χ2v) is 17.4. The number of aromatic nitrogens is 6. The van der Waals surface area contributed by atoms with E-state index in [0.29, 0.717) is 5.82 Å². The van der Waals surface area contributed by atoms with Crippen molar-refractivity contribution in [3.63, 3.8) is 0 Å². The van der Waals surface area contributed by atoms with Gasteiger partial charge in [-0.3, -0.25) is 9.97 Å². The van der Waals surface area contributed by atoms with Gasteiger partial charge in [-0.05, 0) is 110 Å². The molecule has 0 aliphatic heterocycles. The highest BCUT2D eigenvalue weighted by Gasteiger charge is 2.20. The van der Waals surface area contributed by atoms with Gasteiger partial charge >= 0.3 is 0 Å². The van der Waals surface area contributed by atoms with Gasteiger partial charge in [0.2, 0.25) is 0 Å². The third kappa shape index (κ3) is 5.98. The Hall–Kier alpha value is -9.26. The van der Waals surface area contributed by atoms with Crippen LogP contribution in [-0.2, 0) is 0 Å². The Balaban J connectivity index is 0.965. The molecule has 0 fully saturated rings. The molecule has 0 radical (unpaired) electrons. The van der Waals surface area contributed by atoms with Crippen LogP contribution in [0.4, 0.5) is 0 Å². The molecule has 5 heterocycles. The van der Waals surface area contributed by atoms with Crippen LogP contribution in [0.15, 0.2) is 231 Å². The number of fused-ring (bicyclic) bond motifs is 12. The van der Waals surface area contributed by atoms with Crippen molar-refractivity contribution in [1.82, 2.24) is 29.1 Å². The summed E-state index contributed by atoms with van der Waals surface area (Å²) >= 11 is 0. The van der Waals surface area contributed by atoms with Gasteiger partial charge in [0.15, 0.2) is 5.82 Å². The first kappa shape index (κ1) is 38.1. The number of hydrogen-bond donors (Lipinski definition) is 0. The molecule has 0 atom stereocenters. The van der Waals surface area contributed by atoms with Crippen LogP contribution in [0.5, 0.6) is 0 Å². The Morgan fingerprint density at radius 3 is 1.28 bits per heavy atom. The summed E-state index contributed by atoms with van der Waals surface area (Å²) in [6.45, 7) is 0. The van der Waals surface area contributed by atoms with E-state index in [4.69, 9.17) is 19.9 Å². The molecule has 68 heavy (non-hydrogen) atoms. The van der Waals surface area contributed by atoms with Gasteiger partial charge in [-0.25, -0.2) is 9.97 Å². The molecular weight excluding hydrogens is 829 g/mol. The maximum atomic E-state index is 5.38. The zero-order valence-corrected chi connectivity index (χ0v) is 36.6. The molecule has 0 aliphatic rings. The molecular formula is C62H38N6. The Bertz CT molecular complexity index is 4040. The maximum absolute atomic E-state index is 5.38. The van der Waals surface area contributed by atoms with Crippen LogP contribution in [0.3, 0.4) is 0 Å². The molecule has 316 valence electrons. The van der Waals surface area contributed by atoms with E-state index < -0.39 is 0 Å². The van der Waals surface area contributed by atoms with Gasteiger partial charge in [0.1, 0.15) is 0 Å². The first-order valence-electron chi connectivity index (χ1n) is 22.9. The van der Waals surface area contributed by atoms with Crippen molar-refractivity contribution in [2.45, 2.75) is 0 Å². The van der Waals surface area contributed by atoms with Crippen molar-refractivity contribution in [1.29, 1.82) is 0 Å². The van der Waals surface area contributed by atoms with Crippen molar-refractivity contribution in [2.24, 2.45) is 0 Å². The minimum atomic E-state index is 0.657. The zero-order valence-electron chi connectivity index (χ0n) is 36.6. The van der Waals surface area contributed by atoms with E-state index in [1.165, 1.54) is 37.9 Å². The summed E-state index contributed by atoms with van der Waals surface area (Å²) in [5, 5.41) is 9.80. The summed E-state index contributed by atoms with van der Waals surface area (Å²) < 4.78 is 4.65. The van der Waals surface area contributed by atoms with Crippen molar-refractivity contribution < 1.29 is 0 Å². The zero-order chi connectivity index (χ0) is 44.7. The van der Waals surface area contributed by atoms with Crippen LogP contribution in [0.1, 0.15) is 0 Å². The molecule has 0 amide bonds. The molecule has 14 aromatic rings. The quantitative estimate of drug-likeness (QED) is 0.156.